The number of hydrogen-bond donors (Lipinski definition) is 1. The molecular weight excluding hydrogens is 232 g/mol. The summed E-state index contributed by atoms with van der Waals surface area (Å²) in [7, 11) is -3.28. The lowest BCUT2D eigenvalue weighted by molar-refractivity contribution is 0.591. The number of nitrogens with one attached hydrogen (secondary N) is 1. The van der Waals surface area contributed by atoms with Crippen LogP contribution in [0.4, 0.5) is 0 Å². The molecule has 4 nitrogen and oxygen atoms in total. The Bertz CT molecular complexity index is 410. The molecule has 0 spiro atoms. The fourth-order valence-corrected chi connectivity index (χ4v) is 1.79. The summed E-state index contributed by atoms with van der Waals surface area (Å²) in [5.41, 5.74) is 0. The molecular formula is C6H7ClN2O2S2. The van der Waals surface area contributed by atoms with Gasteiger partial charge in [-0.05, 0) is 11.4 Å². The zero-order valence-corrected chi connectivity index (χ0v) is 9.08. The highest BCUT2D eigenvalue weighted by atomic mass is 35.5. The molecule has 0 unspecified atom stereocenters. The molecule has 7 heteroatoms. The van der Waals surface area contributed by atoms with Gasteiger partial charge in [-0.1, -0.05) is 11.6 Å². The molecule has 0 fully saturated rings. The van der Waals surface area contributed by atoms with Crippen molar-refractivity contribution in [3.63, 3.8) is 0 Å². The fourth-order valence-electron chi connectivity index (χ4n) is 0.578. The van der Waals surface area contributed by atoms with Crippen LogP contribution in [0.1, 0.15) is 4.88 Å². The molecule has 0 aliphatic rings. The van der Waals surface area contributed by atoms with Crippen LogP contribution >= 0.6 is 22.9 Å². The molecule has 1 aromatic rings. The maximum absolute atomic E-state index is 10.6. The van der Waals surface area contributed by atoms with Crippen LogP contribution in [0, 0.1) is 0 Å². The second kappa shape index (κ2) is 4.08. The second-order valence-corrected chi connectivity index (χ2v) is 5.34. The van der Waals surface area contributed by atoms with Gasteiger partial charge in [0.1, 0.15) is 0 Å². The van der Waals surface area contributed by atoms with Crippen molar-refractivity contribution in [2.45, 2.75) is 0 Å². The molecule has 13 heavy (non-hydrogen) atoms. The topological polar surface area (TPSA) is 58.5 Å². The van der Waals surface area contributed by atoms with E-state index in [1.165, 1.54) is 17.6 Å². The normalized spacial score (nSPS) is 12.2. The molecule has 0 aromatic carbocycles. The van der Waals surface area contributed by atoms with Crippen molar-refractivity contribution in [2.24, 2.45) is 5.10 Å². The van der Waals surface area contributed by atoms with Gasteiger partial charge in [-0.2, -0.15) is 5.10 Å². The average Bonchev–Trinajstić information content (AvgIpc) is 2.34. The molecule has 0 bridgehead atoms. The van der Waals surface area contributed by atoms with Crippen molar-refractivity contribution in [3.05, 3.63) is 21.3 Å². The van der Waals surface area contributed by atoms with Gasteiger partial charge in [-0.15, -0.1) is 11.3 Å². The fraction of sp³-hybridized carbons (Fsp3) is 0.167. The molecule has 0 aliphatic carbocycles. The summed E-state index contributed by atoms with van der Waals surface area (Å²) in [4.78, 5) is 2.70. The minimum atomic E-state index is -3.28. The third-order valence-corrected chi connectivity index (χ3v) is 2.78. The smallest absolute Gasteiger partial charge is 0.206 e. The standard InChI is InChI=1S/C6H7ClN2O2S2/c1-13(10,11)9-8-4-6-5(7)2-3-12-6/h2-4,9H,1H3/b8-4+. The highest BCUT2D eigenvalue weighted by Crippen LogP contribution is 2.19. The van der Waals surface area contributed by atoms with Crippen LogP contribution in [-0.4, -0.2) is 20.9 Å². The number of hydrogen-bond acceptors (Lipinski definition) is 4. The zero-order chi connectivity index (χ0) is 9.90. The van der Waals surface area contributed by atoms with Gasteiger partial charge in [0.25, 0.3) is 0 Å². The Morgan fingerprint density at radius 1 is 1.69 bits per heavy atom. The molecule has 72 valence electrons. The Labute approximate surface area is 85.3 Å². The first-order valence-electron chi connectivity index (χ1n) is 3.22. The molecule has 0 aliphatic heterocycles. The van der Waals surface area contributed by atoms with E-state index < -0.39 is 10.0 Å². The summed E-state index contributed by atoms with van der Waals surface area (Å²) in [6, 6.07) is 1.72. The zero-order valence-electron chi connectivity index (χ0n) is 6.69. The predicted octanol–water partition coefficient (Wildman–Crippen LogP) is 1.28. The van der Waals surface area contributed by atoms with Gasteiger partial charge < -0.3 is 0 Å². The molecule has 0 saturated heterocycles. The van der Waals surface area contributed by atoms with E-state index in [2.05, 4.69) is 5.10 Å². The average molecular weight is 239 g/mol. The highest BCUT2D eigenvalue weighted by molar-refractivity contribution is 7.88. The molecule has 1 aromatic heterocycles. The molecule has 1 N–H and O–H groups in total. The van der Waals surface area contributed by atoms with E-state index in [1.807, 2.05) is 4.83 Å². The summed E-state index contributed by atoms with van der Waals surface area (Å²) >= 11 is 7.12. The van der Waals surface area contributed by atoms with Gasteiger partial charge in [-0.3, -0.25) is 0 Å². The molecule has 0 amide bonds. The van der Waals surface area contributed by atoms with Crippen molar-refractivity contribution in [1.82, 2.24) is 4.83 Å². The first-order valence-corrected chi connectivity index (χ1v) is 6.37. The van der Waals surface area contributed by atoms with E-state index in [4.69, 9.17) is 11.6 Å². The first-order chi connectivity index (χ1) is 5.99. The van der Waals surface area contributed by atoms with Crippen LogP contribution in [0.2, 0.25) is 5.02 Å². The van der Waals surface area contributed by atoms with Crippen LogP contribution < -0.4 is 4.83 Å². The largest absolute Gasteiger partial charge is 0.244 e. The Morgan fingerprint density at radius 2 is 2.38 bits per heavy atom. The number of rotatable bonds is 3. The number of thiophene rings is 1. The van der Waals surface area contributed by atoms with E-state index in [9.17, 15) is 8.42 Å². The lowest BCUT2D eigenvalue weighted by Gasteiger charge is -1.93. The minimum absolute atomic E-state index is 0.559. The van der Waals surface area contributed by atoms with Crippen molar-refractivity contribution < 1.29 is 8.42 Å². The van der Waals surface area contributed by atoms with E-state index in [0.717, 1.165) is 11.1 Å². The van der Waals surface area contributed by atoms with Crippen molar-refractivity contribution in [1.29, 1.82) is 0 Å². The lowest BCUT2D eigenvalue weighted by Crippen LogP contribution is -2.15. The molecule has 0 saturated carbocycles. The van der Waals surface area contributed by atoms with E-state index in [-0.39, 0.29) is 0 Å². The van der Waals surface area contributed by atoms with Gasteiger partial charge >= 0.3 is 0 Å². The Hall–Kier alpha value is -0.590. The Morgan fingerprint density at radius 3 is 2.85 bits per heavy atom. The van der Waals surface area contributed by atoms with Crippen LogP contribution in [0.15, 0.2) is 16.5 Å². The van der Waals surface area contributed by atoms with Crippen LogP contribution in [-0.2, 0) is 10.0 Å². The van der Waals surface area contributed by atoms with Crippen LogP contribution in [0.25, 0.3) is 0 Å². The summed E-state index contributed by atoms with van der Waals surface area (Å²) in [5.74, 6) is 0. The molecule has 1 heterocycles. The summed E-state index contributed by atoms with van der Waals surface area (Å²) in [5, 5.41) is 5.86. The van der Waals surface area contributed by atoms with Gasteiger partial charge in [0, 0.05) is 0 Å². The lowest BCUT2D eigenvalue weighted by atomic mass is 10.5. The maximum atomic E-state index is 10.6. The Balaban J connectivity index is 2.65. The molecule has 1 rings (SSSR count). The van der Waals surface area contributed by atoms with E-state index >= 15 is 0 Å². The number of sulfonamides is 1. The van der Waals surface area contributed by atoms with Crippen LogP contribution in [0.3, 0.4) is 0 Å². The third kappa shape index (κ3) is 3.75. The summed E-state index contributed by atoms with van der Waals surface area (Å²) < 4.78 is 21.2. The van der Waals surface area contributed by atoms with E-state index in [1.54, 1.807) is 11.4 Å². The van der Waals surface area contributed by atoms with Crippen molar-refractivity contribution in [3.8, 4) is 0 Å². The maximum Gasteiger partial charge on any atom is 0.244 e. The molecule has 0 radical (unpaired) electrons. The van der Waals surface area contributed by atoms with Gasteiger partial charge in [-0.25, -0.2) is 13.2 Å². The summed E-state index contributed by atoms with van der Waals surface area (Å²) in [6.07, 6.45) is 2.40. The van der Waals surface area contributed by atoms with Crippen molar-refractivity contribution >= 4 is 39.2 Å². The predicted molar refractivity (Wildman–Crippen MR) is 54.9 cm³/mol. The van der Waals surface area contributed by atoms with E-state index in [0.29, 0.717) is 5.02 Å². The quantitative estimate of drug-likeness (QED) is 0.637. The van der Waals surface area contributed by atoms with Crippen LogP contribution in [0.5, 0.6) is 0 Å². The monoisotopic (exact) mass is 238 g/mol. The number of nitrogens with zero attached hydrogens (tertiary/aromatic N) is 1. The third-order valence-electron chi connectivity index (χ3n) is 1.05. The van der Waals surface area contributed by atoms with Gasteiger partial charge in [0.2, 0.25) is 10.0 Å². The van der Waals surface area contributed by atoms with Crippen molar-refractivity contribution in [2.75, 3.05) is 6.26 Å². The molecule has 0 atom stereocenters. The minimum Gasteiger partial charge on any atom is -0.206 e. The highest BCUT2D eigenvalue weighted by Gasteiger charge is 1.98. The number of halogens is 1. The SMILES string of the molecule is CS(=O)(=O)N/N=C/c1sccc1Cl. The van der Waals surface area contributed by atoms with Gasteiger partial charge in [0.05, 0.1) is 22.4 Å². The van der Waals surface area contributed by atoms with Gasteiger partial charge in [0.15, 0.2) is 0 Å². The number of hydrazone groups is 1. The first kappa shape index (κ1) is 10.5. The summed E-state index contributed by atoms with van der Waals surface area (Å²) in [6.45, 7) is 0. The Kier molecular flexibility index (Phi) is 3.29. The second-order valence-electron chi connectivity index (χ2n) is 2.25.